The van der Waals surface area contributed by atoms with Crippen LogP contribution in [0.4, 0.5) is 10.6 Å². The van der Waals surface area contributed by atoms with Gasteiger partial charge in [0.25, 0.3) is 0 Å². The molecule has 24 heavy (non-hydrogen) atoms. The molecule has 0 saturated heterocycles. The molecule has 0 saturated carbocycles. The van der Waals surface area contributed by atoms with Gasteiger partial charge in [0.1, 0.15) is 11.9 Å². The van der Waals surface area contributed by atoms with Gasteiger partial charge in [0.05, 0.1) is 5.69 Å². The molecule has 0 spiro atoms. The van der Waals surface area contributed by atoms with E-state index in [1.807, 2.05) is 54.6 Å². The number of pyridine rings is 2. The first-order valence-corrected chi connectivity index (χ1v) is 7.66. The van der Waals surface area contributed by atoms with Gasteiger partial charge >= 0.3 is 6.03 Å². The number of amides is 2. The van der Waals surface area contributed by atoms with Gasteiger partial charge in [0, 0.05) is 19.4 Å². The molecule has 1 aromatic carbocycles. The number of anilines is 1. The van der Waals surface area contributed by atoms with E-state index in [0.29, 0.717) is 5.82 Å². The van der Waals surface area contributed by atoms with Crippen molar-refractivity contribution in [3.63, 3.8) is 0 Å². The molecule has 1 N–H and O–H groups in total. The third-order valence-electron chi connectivity index (χ3n) is 3.69. The number of benzene rings is 1. The van der Waals surface area contributed by atoms with Crippen LogP contribution >= 0.6 is 0 Å². The third-order valence-corrected chi connectivity index (χ3v) is 3.69. The molecule has 0 aliphatic carbocycles. The molecule has 2 heterocycles. The van der Waals surface area contributed by atoms with Crippen molar-refractivity contribution in [3.05, 3.63) is 90.4 Å². The van der Waals surface area contributed by atoms with E-state index < -0.39 is 0 Å². The van der Waals surface area contributed by atoms with Crippen LogP contribution in [-0.4, -0.2) is 27.9 Å². The second kappa shape index (κ2) is 7.37. The highest BCUT2D eigenvalue weighted by Gasteiger charge is 2.24. The predicted octanol–water partition coefficient (Wildman–Crippen LogP) is 3.73. The van der Waals surface area contributed by atoms with Crippen LogP contribution in [0.1, 0.15) is 17.3 Å². The van der Waals surface area contributed by atoms with Crippen molar-refractivity contribution < 1.29 is 4.79 Å². The Kier molecular flexibility index (Phi) is 4.81. The summed E-state index contributed by atoms with van der Waals surface area (Å²) in [5.74, 6) is 0.516. The van der Waals surface area contributed by atoms with Crippen LogP contribution in [-0.2, 0) is 0 Å². The Hall–Kier alpha value is -3.21. The Bertz CT molecular complexity index is 739. The minimum absolute atomic E-state index is 0.242. The quantitative estimate of drug-likeness (QED) is 0.797. The van der Waals surface area contributed by atoms with Crippen molar-refractivity contribution in [1.29, 1.82) is 0 Å². The summed E-state index contributed by atoms with van der Waals surface area (Å²) >= 11 is 0. The van der Waals surface area contributed by atoms with Gasteiger partial charge in [-0.15, -0.1) is 0 Å². The summed E-state index contributed by atoms with van der Waals surface area (Å²) in [6, 6.07) is 20.4. The van der Waals surface area contributed by atoms with E-state index in [0.717, 1.165) is 11.3 Å². The minimum Gasteiger partial charge on any atom is -0.315 e. The molecule has 1 unspecified atom stereocenters. The maximum absolute atomic E-state index is 12.6. The highest BCUT2D eigenvalue weighted by molar-refractivity contribution is 5.88. The zero-order valence-corrected chi connectivity index (χ0v) is 13.3. The molecule has 2 amide bonds. The lowest BCUT2D eigenvalue weighted by molar-refractivity contribution is 0.211. The van der Waals surface area contributed by atoms with E-state index >= 15 is 0 Å². The Morgan fingerprint density at radius 1 is 0.917 bits per heavy atom. The zero-order chi connectivity index (χ0) is 16.8. The highest BCUT2D eigenvalue weighted by Crippen LogP contribution is 2.26. The average molecular weight is 318 g/mol. The monoisotopic (exact) mass is 318 g/mol. The van der Waals surface area contributed by atoms with Crippen LogP contribution in [0.2, 0.25) is 0 Å². The summed E-state index contributed by atoms with van der Waals surface area (Å²) in [5.41, 5.74) is 1.80. The van der Waals surface area contributed by atoms with Crippen molar-refractivity contribution >= 4 is 11.8 Å². The number of nitrogens with one attached hydrogen (secondary N) is 1. The van der Waals surface area contributed by atoms with Crippen LogP contribution in [0.15, 0.2) is 79.1 Å². The molecule has 0 fully saturated rings. The molecular formula is C19H18N4O. The first kappa shape index (κ1) is 15.7. The summed E-state index contributed by atoms with van der Waals surface area (Å²) in [7, 11) is 1.75. The summed E-state index contributed by atoms with van der Waals surface area (Å²) in [4.78, 5) is 22.8. The largest absolute Gasteiger partial charge is 0.323 e. The van der Waals surface area contributed by atoms with E-state index in [1.165, 1.54) is 0 Å². The van der Waals surface area contributed by atoms with Gasteiger partial charge in [-0.3, -0.25) is 10.3 Å². The normalized spacial score (nSPS) is 11.5. The van der Waals surface area contributed by atoms with E-state index in [9.17, 15) is 4.79 Å². The summed E-state index contributed by atoms with van der Waals surface area (Å²) < 4.78 is 0. The molecule has 3 rings (SSSR count). The van der Waals surface area contributed by atoms with Gasteiger partial charge in [0.15, 0.2) is 0 Å². The SMILES string of the molecule is CN(C(=O)Nc1ccccn1)C(c1ccccc1)c1ccccn1. The lowest BCUT2D eigenvalue weighted by atomic mass is 10.0. The first-order valence-electron chi connectivity index (χ1n) is 7.66. The number of rotatable bonds is 4. The second-order valence-corrected chi connectivity index (χ2v) is 5.32. The van der Waals surface area contributed by atoms with Gasteiger partial charge in [-0.2, -0.15) is 0 Å². The van der Waals surface area contributed by atoms with E-state index in [2.05, 4.69) is 15.3 Å². The van der Waals surface area contributed by atoms with Crippen molar-refractivity contribution in [1.82, 2.24) is 14.9 Å². The number of aromatic nitrogens is 2. The summed E-state index contributed by atoms with van der Waals surface area (Å²) in [6.45, 7) is 0. The Balaban J connectivity index is 1.89. The lowest BCUT2D eigenvalue weighted by Gasteiger charge is -2.28. The first-order chi connectivity index (χ1) is 11.8. The fraction of sp³-hybridized carbons (Fsp3) is 0.105. The maximum atomic E-state index is 12.6. The Labute approximate surface area is 141 Å². The van der Waals surface area contributed by atoms with E-state index in [-0.39, 0.29) is 12.1 Å². The molecule has 0 bridgehead atoms. The maximum Gasteiger partial charge on any atom is 0.323 e. The fourth-order valence-corrected chi connectivity index (χ4v) is 2.52. The number of nitrogens with zero attached hydrogens (tertiary/aromatic N) is 3. The van der Waals surface area contributed by atoms with Gasteiger partial charge < -0.3 is 4.90 Å². The van der Waals surface area contributed by atoms with E-state index in [4.69, 9.17) is 0 Å². The lowest BCUT2D eigenvalue weighted by Crippen LogP contribution is -2.36. The predicted molar refractivity (Wildman–Crippen MR) is 93.5 cm³/mol. The van der Waals surface area contributed by atoms with Crippen molar-refractivity contribution in [2.45, 2.75) is 6.04 Å². The van der Waals surface area contributed by atoms with Crippen LogP contribution in [0.3, 0.4) is 0 Å². The van der Waals surface area contributed by atoms with Crippen LogP contribution in [0, 0.1) is 0 Å². The second-order valence-electron chi connectivity index (χ2n) is 5.32. The van der Waals surface area contributed by atoms with Gasteiger partial charge in [-0.25, -0.2) is 9.78 Å². The third kappa shape index (κ3) is 3.57. The molecular weight excluding hydrogens is 300 g/mol. The average Bonchev–Trinajstić information content (AvgIpc) is 2.64. The van der Waals surface area contributed by atoms with Crippen molar-refractivity contribution in [3.8, 4) is 0 Å². The molecule has 2 aromatic heterocycles. The smallest absolute Gasteiger partial charge is 0.315 e. The van der Waals surface area contributed by atoms with Gasteiger partial charge in [0.2, 0.25) is 0 Å². The van der Waals surface area contributed by atoms with Crippen molar-refractivity contribution in [2.75, 3.05) is 12.4 Å². The molecule has 3 aromatic rings. The highest BCUT2D eigenvalue weighted by atomic mass is 16.2. The fourth-order valence-electron chi connectivity index (χ4n) is 2.52. The number of hydrogen-bond acceptors (Lipinski definition) is 3. The van der Waals surface area contributed by atoms with Crippen LogP contribution < -0.4 is 5.32 Å². The molecule has 5 nitrogen and oxygen atoms in total. The van der Waals surface area contributed by atoms with E-state index in [1.54, 1.807) is 36.5 Å². The Morgan fingerprint density at radius 3 is 2.21 bits per heavy atom. The van der Waals surface area contributed by atoms with Gasteiger partial charge in [-0.1, -0.05) is 42.5 Å². The summed E-state index contributed by atoms with van der Waals surface area (Å²) in [5, 5.41) is 2.81. The zero-order valence-electron chi connectivity index (χ0n) is 13.3. The molecule has 1 atom stereocenters. The van der Waals surface area contributed by atoms with Gasteiger partial charge in [-0.05, 0) is 29.8 Å². The molecule has 0 aliphatic rings. The molecule has 120 valence electrons. The van der Waals surface area contributed by atoms with Crippen LogP contribution in [0.5, 0.6) is 0 Å². The Morgan fingerprint density at radius 2 is 1.58 bits per heavy atom. The van der Waals surface area contributed by atoms with Crippen LogP contribution in [0.25, 0.3) is 0 Å². The molecule has 0 radical (unpaired) electrons. The standard InChI is InChI=1S/C19H18N4O/c1-23(19(24)22-17-12-6-8-14-21-17)18(15-9-3-2-4-10-15)16-11-5-7-13-20-16/h2-14,18H,1H3,(H,21,22,24). The molecule has 5 heteroatoms. The van der Waals surface area contributed by atoms with Crippen molar-refractivity contribution in [2.24, 2.45) is 0 Å². The number of urea groups is 1. The topological polar surface area (TPSA) is 58.1 Å². The number of hydrogen-bond donors (Lipinski definition) is 1. The minimum atomic E-state index is -0.281. The summed E-state index contributed by atoms with van der Waals surface area (Å²) in [6.07, 6.45) is 3.37. The number of carbonyl (C=O) groups is 1. The molecule has 0 aliphatic heterocycles. The number of carbonyl (C=O) groups excluding carboxylic acids is 1.